The van der Waals surface area contributed by atoms with Crippen LogP contribution >= 0.6 is 12.6 Å². The van der Waals surface area contributed by atoms with E-state index in [2.05, 4.69) is 12.6 Å². The van der Waals surface area contributed by atoms with Crippen LogP contribution in [-0.4, -0.2) is 22.8 Å². The lowest BCUT2D eigenvalue weighted by atomic mass is 10.2. The van der Waals surface area contributed by atoms with Gasteiger partial charge in [-0.15, -0.1) is 12.6 Å². The van der Waals surface area contributed by atoms with Crippen LogP contribution in [0.4, 0.5) is 0 Å². The minimum atomic E-state index is -0.846. The normalized spacial score (nSPS) is 34.1. The standard InChI is InChI=1S/C5H10O2S/c1-5(6,8)2-4-3-7-4/h4,6,8H,2-3H2,1H3. The Kier molecular flexibility index (Phi) is 1.52. The van der Waals surface area contributed by atoms with Gasteiger partial charge in [0.25, 0.3) is 0 Å². The van der Waals surface area contributed by atoms with Crippen LogP contribution in [0, 0.1) is 0 Å². The summed E-state index contributed by atoms with van der Waals surface area (Å²) >= 11 is 3.91. The molecule has 0 aromatic rings. The minimum Gasteiger partial charge on any atom is -0.380 e. The van der Waals surface area contributed by atoms with Crippen molar-refractivity contribution in [1.29, 1.82) is 0 Å². The van der Waals surface area contributed by atoms with E-state index in [0.717, 1.165) is 6.61 Å². The van der Waals surface area contributed by atoms with E-state index in [1.165, 1.54) is 0 Å². The van der Waals surface area contributed by atoms with Gasteiger partial charge in [0.15, 0.2) is 0 Å². The van der Waals surface area contributed by atoms with Gasteiger partial charge >= 0.3 is 0 Å². The summed E-state index contributed by atoms with van der Waals surface area (Å²) < 4.78 is 4.88. The number of hydrogen-bond donors (Lipinski definition) is 2. The molecule has 0 aromatic carbocycles. The lowest BCUT2D eigenvalue weighted by Crippen LogP contribution is -2.17. The predicted octanol–water partition coefficient (Wildman–Crippen LogP) is 0.414. The topological polar surface area (TPSA) is 32.8 Å². The molecule has 0 bridgehead atoms. The minimum absolute atomic E-state index is 0.266. The monoisotopic (exact) mass is 134 g/mol. The van der Waals surface area contributed by atoms with Crippen LogP contribution in [0.2, 0.25) is 0 Å². The highest BCUT2D eigenvalue weighted by Gasteiger charge is 2.29. The van der Waals surface area contributed by atoms with Crippen LogP contribution in [-0.2, 0) is 4.74 Å². The Hall–Kier alpha value is 0.270. The molecule has 0 saturated carbocycles. The number of epoxide rings is 1. The average molecular weight is 134 g/mol. The van der Waals surface area contributed by atoms with E-state index in [4.69, 9.17) is 9.84 Å². The fraction of sp³-hybridized carbons (Fsp3) is 1.00. The third-order valence-electron chi connectivity index (χ3n) is 1.02. The Morgan fingerprint density at radius 3 is 2.62 bits per heavy atom. The third kappa shape index (κ3) is 2.55. The van der Waals surface area contributed by atoms with Crippen molar-refractivity contribution in [3.05, 3.63) is 0 Å². The molecule has 1 fully saturated rings. The zero-order chi connectivity index (χ0) is 6.20. The van der Waals surface area contributed by atoms with Gasteiger partial charge in [0, 0.05) is 6.42 Å². The van der Waals surface area contributed by atoms with Gasteiger partial charge in [0.2, 0.25) is 0 Å². The Morgan fingerprint density at radius 2 is 2.50 bits per heavy atom. The lowest BCUT2D eigenvalue weighted by molar-refractivity contribution is 0.138. The first-order valence-corrected chi connectivity index (χ1v) is 3.09. The first-order valence-electron chi connectivity index (χ1n) is 2.64. The summed E-state index contributed by atoms with van der Waals surface area (Å²) in [7, 11) is 0. The molecular weight excluding hydrogens is 124 g/mol. The second-order valence-electron chi connectivity index (χ2n) is 2.38. The highest BCUT2D eigenvalue weighted by molar-refractivity contribution is 7.81. The van der Waals surface area contributed by atoms with Crippen LogP contribution in [0.5, 0.6) is 0 Å². The second-order valence-corrected chi connectivity index (χ2v) is 3.34. The lowest BCUT2D eigenvalue weighted by Gasteiger charge is -2.12. The van der Waals surface area contributed by atoms with E-state index in [9.17, 15) is 0 Å². The van der Waals surface area contributed by atoms with Crippen molar-refractivity contribution >= 4 is 12.6 Å². The molecule has 2 atom stereocenters. The van der Waals surface area contributed by atoms with Gasteiger partial charge in [0.1, 0.15) is 4.93 Å². The molecule has 0 aliphatic carbocycles. The summed E-state index contributed by atoms with van der Waals surface area (Å²) in [5.74, 6) is 0. The van der Waals surface area contributed by atoms with Gasteiger partial charge in [0.05, 0.1) is 12.7 Å². The van der Waals surface area contributed by atoms with Crippen molar-refractivity contribution < 1.29 is 9.84 Å². The Bertz CT molecular complexity index is 82.9. The van der Waals surface area contributed by atoms with E-state index in [1.54, 1.807) is 6.92 Å². The van der Waals surface area contributed by atoms with Gasteiger partial charge in [-0.1, -0.05) is 0 Å². The fourth-order valence-corrected chi connectivity index (χ4v) is 0.821. The highest BCUT2D eigenvalue weighted by atomic mass is 32.1. The summed E-state index contributed by atoms with van der Waals surface area (Å²) in [4.78, 5) is -0.846. The number of rotatable bonds is 2. The molecular formula is C5H10O2S. The van der Waals surface area contributed by atoms with Crippen LogP contribution in [0.25, 0.3) is 0 Å². The Labute approximate surface area is 54.3 Å². The van der Waals surface area contributed by atoms with Crippen LogP contribution in [0.15, 0.2) is 0 Å². The molecule has 2 nitrogen and oxygen atoms in total. The molecule has 1 aliphatic rings. The summed E-state index contributed by atoms with van der Waals surface area (Å²) in [5.41, 5.74) is 0. The SMILES string of the molecule is CC(O)(S)CC1CO1. The zero-order valence-corrected chi connectivity index (χ0v) is 5.69. The van der Waals surface area contributed by atoms with Gasteiger partial charge in [-0.25, -0.2) is 0 Å². The molecule has 0 amide bonds. The fourth-order valence-electron chi connectivity index (χ4n) is 0.617. The molecule has 1 aliphatic heterocycles. The van der Waals surface area contributed by atoms with Crippen molar-refractivity contribution in [2.75, 3.05) is 6.61 Å². The first kappa shape index (κ1) is 6.39. The number of hydrogen-bond acceptors (Lipinski definition) is 3. The summed E-state index contributed by atoms with van der Waals surface area (Å²) in [6.07, 6.45) is 0.901. The molecule has 1 heterocycles. The quantitative estimate of drug-likeness (QED) is 0.326. The summed E-state index contributed by atoms with van der Waals surface area (Å²) in [5, 5.41) is 9.01. The average Bonchev–Trinajstić information content (AvgIpc) is 2.12. The highest BCUT2D eigenvalue weighted by Crippen LogP contribution is 2.24. The van der Waals surface area contributed by atoms with Gasteiger partial charge in [-0.3, -0.25) is 0 Å². The van der Waals surface area contributed by atoms with Crippen molar-refractivity contribution in [2.45, 2.75) is 24.4 Å². The third-order valence-corrected chi connectivity index (χ3v) is 1.20. The van der Waals surface area contributed by atoms with Crippen molar-refractivity contribution in [2.24, 2.45) is 0 Å². The van der Waals surface area contributed by atoms with E-state index < -0.39 is 4.93 Å². The van der Waals surface area contributed by atoms with Crippen molar-refractivity contribution in [3.8, 4) is 0 Å². The molecule has 8 heavy (non-hydrogen) atoms. The molecule has 2 unspecified atom stereocenters. The number of aliphatic hydroxyl groups is 1. The van der Waals surface area contributed by atoms with Crippen LogP contribution < -0.4 is 0 Å². The smallest absolute Gasteiger partial charge is 0.107 e. The molecule has 0 aromatic heterocycles. The molecule has 0 spiro atoms. The number of ether oxygens (including phenoxy) is 1. The summed E-state index contributed by atoms with van der Waals surface area (Å²) in [6.45, 7) is 2.45. The van der Waals surface area contributed by atoms with E-state index in [-0.39, 0.29) is 6.10 Å². The molecule has 1 saturated heterocycles. The molecule has 48 valence electrons. The predicted molar refractivity (Wildman–Crippen MR) is 34.0 cm³/mol. The zero-order valence-electron chi connectivity index (χ0n) is 4.79. The molecule has 1 N–H and O–H groups in total. The van der Waals surface area contributed by atoms with E-state index in [1.807, 2.05) is 0 Å². The first-order chi connectivity index (χ1) is 3.58. The largest absolute Gasteiger partial charge is 0.380 e. The van der Waals surface area contributed by atoms with Gasteiger partial charge < -0.3 is 9.84 Å². The Morgan fingerprint density at radius 1 is 2.00 bits per heavy atom. The maximum absolute atomic E-state index is 9.01. The maximum atomic E-state index is 9.01. The second kappa shape index (κ2) is 1.90. The molecule has 1 rings (SSSR count). The van der Waals surface area contributed by atoms with Gasteiger partial charge in [-0.05, 0) is 6.92 Å². The Balaban J connectivity index is 2.16. The van der Waals surface area contributed by atoms with Crippen LogP contribution in [0.3, 0.4) is 0 Å². The maximum Gasteiger partial charge on any atom is 0.107 e. The van der Waals surface area contributed by atoms with Crippen LogP contribution in [0.1, 0.15) is 13.3 Å². The van der Waals surface area contributed by atoms with E-state index >= 15 is 0 Å². The van der Waals surface area contributed by atoms with Gasteiger partial charge in [-0.2, -0.15) is 0 Å². The van der Waals surface area contributed by atoms with E-state index in [0.29, 0.717) is 6.42 Å². The molecule has 3 heteroatoms. The summed E-state index contributed by atoms with van der Waals surface area (Å²) in [6, 6.07) is 0. The molecule has 0 radical (unpaired) electrons. The van der Waals surface area contributed by atoms with Crippen molar-refractivity contribution in [3.63, 3.8) is 0 Å². The van der Waals surface area contributed by atoms with Crippen molar-refractivity contribution in [1.82, 2.24) is 0 Å². The number of thiol groups is 1.